The lowest BCUT2D eigenvalue weighted by atomic mass is 10.2. The Hall–Kier alpha value is -2.74. The minimum Gasteiger partial charge on any atom is -0.373 e. The minimum absolute atomic E-state index is 0.0521. The van der Waals surface area contributed by atoms with E-state index in [2.05, 4.69) is 44.6 Å². The van der Waals surface area contributed by atoms with Crippen LogP contribution in [0.3, 0.4) is 0 Å². The molecule has 2 aromatic heterocycles. The molecule has 8 heteroatoms. The van der Waals surface area contributed by atoms with Crippen molar-refractivity contribution in [2.45, 2.75) is 26.5 Å². The molecule has 1 fully saturated rings. The van der Waals surface area contributed by atoms with Crippen LogP contribution in [0.2, 0.25) is 0 Å². The Morgan fingerprint density at radius 3 is 2.76 bits per heavy atom. The summed E-state index contributed by atoms with van der Waals surface area (Å²) in [6, 6.07) is 8.17. The summed E-state index contributed by atoms with van der Waals surface area (Å²) in [6.07, 6.45) is 3.94. The highest BCUT2D eigenvalue weighted by Gasteiger charge is 2.25. The van der Waals surface area contributed by atoms with Gasteiger partial charge in [0.05, 0.1) is 31.1 Å². The average Bonchev–Trinajstić information content (AvgIpc) is 3.25. The highest BCUT2D eigenvalue weighted by Crippen LogP contribution is 2.19. The second-order valence-electron chi connectivity index (χ2n) is 6.40. The largest absolute Gasteiger partial charge is 0.373 e. The van der Waals surface area contributed by atoms with E-state index in [0.29, 0.717) is 6.61 Å². The molecule has 0 N–H and O–H groups in total. The molecule has 25 heavy (non-hydrogen) atoms. The molecule has 0 spiro atoms. The summed E-state index contributed by atoms with van der Waals surface area (Å²) in [5.41, 5.74) is 3.31. The number of rotatable bonds is 4. The zero-order valence-corrected chi connectivity index (χ0v) is 14.4. The van der Waals surface area contributed by atoms with Gasteiger partial charge in [-0.1, -0.05) is 22.8 Å². The van der Waals surface area contributed by atoms with E-state index in [1.165, 1.54) is 5.56 Å². The first-order valence-electron chi connectivity index (χ1n) is 8.40. The number of benzene rings is 1. The Morgan fingerprint density at radius 1 is 1.16 bits per heavy atom. The van der Waals surface area contributed by atoms with Crippen LogP contribution in [0.15, 0.2) is 36.7 Å². The van der Waals surface area contributed by atoms with Gasteiger partial charge in [-0.25, -0.2) is 0 Å². The molecule has 8 nitrogen and oxygen atoms in total. The van der Waals surface area contributed by atoms with Crippen LogP contribution in [0.4, 0.5) is 5.95 Å². The fourth-order valence-corrected chi connectivity index (χ4v) is 3.02. The first-order valence-corrected chi connectivity index (χ1v) is 8.40. The Morgan fingerprint density at radius 2 is 2.00 bits per heavy atom. The van der Waals surface area contributed by atoms with Crippen LogP contribution >= 0.6 is 0 Å². The van der Waals surface area contributed by atoms with Crippen molar-refractivity contribution in [2.75, 3.05) is 24.6 Å². The maximum absolute atomic E-state index is 5.90. The molecule has 1 aromatic carbocycles. The zero-order valence-electron chi connectivity index (χ0n) is 14.4. The Labute approximate surface area is 146 Å². The second kappa shape index (κ2) is 6.64. The second-order valence-corrected chi connectivity index (χ2v) is 6.40. The van der Waals surface area contributed by atoms with Crippen molar-refractivity contribution in [2.24, 2.45) is 0 Å². The Kier molecular flexibility index (Phi) is 4.19. The van der Waals surface area contributed by atoms with Gasteiger partial charge < -0.3 is 9.64 Å². The van der Waals surface area contributed by atoms with Crippen LogP contribution in [0.25, 0.3) is 5.69 Å². The molecule has 3 heterocycles. The summed E-state index contributed by atoms with van der Waals surface area (Å²) in [6.45, 7) is 6.95. The number of ether oxygens (including phenoxy) is 1. The highest BCUT2D eigenvalue weighted by molar-refractivity contribution is 5.42. The molecular weight excluding hydrogens is 318 g/mol. The molecule has 3 aromatic rings. The number of aromatic nitrogens is 6. The summed E-state index contributed by atoms with van der Waals surface area (Å²) in [7, 11) is 0. The van der Waals surface area contributed by atoms with Gasteiger partial charge in [0.25, 0.3) is 5.95 Å². The first-order chi connectivity index (χ1) is 12.2. The van der Waals surface area contributed by atoms with Crippen LogP contribution in [0.1, 0.15) is 11.1 Å². The van der Waals surface area contributed by atoms with Crippen LogP contribution in [0, 0.1) is 13.8 Å². The number of anilines is 1. The van der Waals surface area contributed by atoms with E-state index in [-0.39, 0.29) is 6.10 Å². The topological polar surface area (TPSA) is 73.9 Å². The lowest BCUT2D eigenvalue weighted by Gasteiger charge is -2.33. The molecule has 0 saturated carbocycles. The SMILES string of the molecule is Cc1ccc(-n2nnnc2N2CCOC(Cn3cc(C)cn3)C2)cc1. The number of tetrazole rings is 1. The van der Waals surface area contributed by atoms with Gasteiger partial charge in [0.1, 0.15) is 0 Å². The van der Waals surface area contributed by atoms with Crippen LogP contribution in [-0.4, -0.2) is 55.8 Å². The fourth-order valence-electron chi connectivity index (χ4n) is 3.02. The van der Waals surface area contributed by atoms with E-state index in [4.69, 9.17) is 4.74 Å². The van der Waals surface area contributed by atoms with Gasteiger partial charge in [-0.05, 0) is 42.0 Å². The van der Waals surface area contributed by atoms with E-state index < -0.39 is 0 Å². The van der Waals surface area contributed by atoms with Gasteiger partial charge in [-0.15, -0.1) is 0 Å². The number of hydrogen-bond donors (Lipinski definition) is 0. The summed E-state index contributed by atoms with van der Waals surface area (Å²) in [4.78, 5) is 2.17. The van der Waals surface area contributed by atoms with Crippen LogP contribution in [-0.2, 0) is 11.3 Å². The normalized spacial score (nSPS) is 17.8. The first kappa shape index (κ1) is 15.8. The minimum atomic E-state index is 0.0521. The highest BCUT2D eigenvalue weighted by atomic mass is 16.5. The van der Waals surface area contributed by atoms with Crippen molar-refractivity contribution in [3.05, 3.63) is 47.8 Å². The standard InChI is InChI=1S/C17H21N7O/c1-13-3-5-15(6-4-13)24-17(19-20-21-24)22-7-8-25-16(11-22)12-23-10-14(2)9-18-23/h3-6,9-10,16H,7-8,11-12H2,1-2H3. The van der Waals surface area contributed by atoms with Gasteiger partial charge in [0.2, 0.25) is 0 Å². The molecule has 0 bridgehead atoms. The van der Waals surface area contributed by atoms with Crippen LogP contribution < -0.4 is 4.90 Å². The zero-order chi connectivity index (χ0) is 17.2. The summed E-state index contributed by atoms with van der Waals surface area (Å²) >= 11 is 0. The summed E-state index contributed by atoms with van der Waals surface area (Å²) < 4.78 is 9.60. The maximum atomic E-state index is 5.90. The molecule has 1 unspecified atom stereocenters. The summed E-state index contributed by atoms with van der Waals surface area (Å²) in [5, 5.41) is 16.6. The van der Waals surface area contributed by atoms with E-state index in [0.717, 1.165) is 36.8 Å². The van der Waals surface area contributed by atoms with Gasteiger partial charge >= 0.3 is 0 Å². The lowest BCUT2D eigenvalue weighted by Crippen LogP contribution is -2.45. The number of hydrogen-bond acceptors (Lipinski definition) is 6. The van der Waals surface area contributed by atoms with Crippen LogP contribution in [0.5, 0.6) is 0 Å². The molecular formula is C17H21N7O. The Bertz CT molecular complexity index is 839. The molecule has 1 saturated heterocycles. The van der Waals surface area contributed by atoms with Crippen molar-refractivity contribution < 1.29 is 4.74 Å². The predicted molar refractivity (Wildman–Crippen MR) is 92.8 cm³/mol. The summed E-state index contributed by atoms with van der Waals surface area (Å²) in [5.74, 6) is 0.744. The third-order valence-electron chi connectivity index (χ3n) is 4.31. The monoisotopic (exact) mass is 339 g/mol. The van der Waals surface area contributed by atoms with E-state index >= 15 is 0 Å². The van der Waals surface area contributed by atoms with Gasteiger partial charge in [-0.2, -0.15) is 9.78 Å². The molecule has 0 amide bonds. The third-order valence-corrected chi connectivity index (χ3v) is 4.31. The average molecular weight is 339 g/mol. The van der Waals surface area contributed by atoms with Gasteiger partial charge in [-0.3, -0.25) is 4.68 Å². The molecule has 0 radical (unpaired) electrons. The van der Waals surface area contributed by atoms with Gasteiger partial charge in [0.15, 0.2) is 0 Å². The number of morpholine rings is 1. The number of aryl methyl sites for hydroxylation is 2. The maximum Gasteiger partial charge on any atom is 0.250 e. The van der Waals surface area contributed by atoms with Crippen molar-refractivity contribution in [1.82, 2.24) is 30.0 Å². The van der Waals surface area contributed by atoms with Crippen molar-refractivity contribution >= 4 is 5.95 Å². The molecule has 1 aliphatic heterocycles. The van der Waals surface area contributed by atoms with E-state index in [1.807, 2.05) is 36.1 Å². The van der Waals surface area contributed by atoms with E-state index in [1.54, 1.807) is 4.68 Å². The third kappa shape index (κ3) is 3.39. The molecule has 1 atom stereocenters. The van der Waals surface area contributed by atoms with Crippen molar-refractivity contribution in [3.8, 4) is 5.69 Å². The quantitative estimate of drug-likeness (QED) is 0.715. The molecule has 1 aliphatic rings. The smallest absolute Gasteiger partial charge is 0.250 e. The van der Waals surface area contributed by atoms with Crippen molar-refractivity contribution in [1.29, 1.82) is 0 Å². The molecule has 4 rings (SSSR count). The molecule has 0 aliphatic carbocycles. The number of nitrogens with zero attached hydrogens (tertiary/aromatic N) is 7. The van der Waals surface area contributed by atoms with Gasteiger partial charge in [0, 0.05) is 19.3 Å². The fraction of sp³-hybridized carbons (Fsp3) is 0.412. The van der Waals surface area contributed by atoms with Crippen molar-refractivity contribution in [3.63, 3.8) is 0 Å². The molecule has 130 valence electrons. The Balaban J connectivity index is 1.52. The predicted octanol–water partition coefficient (Wildman–Crippen LogP) is 1.38. The lowest BCUT2D eigenvalue weighted by molar-refractivity contribution is 0.0268. The van der Waals surface area contributed by atoms with E-state index in [9.17, 15) is 0 Å².